The Labute approximate surface area is 101 Å². The molecule has 0 aliphatic heterocycles. The van der Waals surface area contributed by atoms with Crippen molar-refractivity contribution in [2.24, 2.45) is 0 Å². The van der Waals surface area contributed by atoms with Crippen molar-refractivity contribution < 1.29 is 20.1 Å². The molecule has 0 radical (unpaired) electrons. The van der Waals surface area contributed by atoms with Gasteiger partial charge in [0.2, 0.25) is 0 Å². The molecule has 0 aromatic rings. The molecule has 0 amide bonds. The molecule has 0 saturated carbocycles. The van der Waals surface area contributed by atoms with Gasteiger partial charge in [0, 0.05) is 12.0 Å². The Hall–Kier alpha value is -0.970. The third-order valence-corrected chi connectivity index (χ3v) is 3.29. The van der Waals surface area contributed by atoms with Gasteiger partial charge in [-0.25, -0.2) is 0 Å². The van der Waals surface area contributed by atoms with Crippen molar-refractivity contribution in [2.45, 2.75) is 51.4 Å². The predicted molar refractivity (Wildman–Crippen MR) is 64.4 cm³/mol. The number of rotatable bonds is 4. The van der Waals surface area contributed by atoms with Crippen LogP contribution >= 0.6 is 0 Å². The summed E-state index contributed by atoms with van der Waals surface area (Å²) in [7, 11) is 0. The Bertz CT molecular complexity index is 366. The summed E-state index contributed by atoms with van der Waals surface area (Å²) in [6.45, 7) is 4.77. The van der Waals surface area contributed by atoms with Gasteiger partial charge in [-0.05, 0) is 32.8 Å². The maximum atomic E-state index is 11.9. The van der Waals surface area contributed by atoms with Crippen LogP contribution in [-0.2, 0) is 4.79 Å². The van der Waals surface area contributed by atoms with Gasteiger partial charge in [-0.2, -0.15) is 0 Å². The molecule has 3 N–H and O–H groups in total. The fourth-order valence-electron chi connectivity index (χ4n) is 2.13. The maximum Gasteiger partial charge on any atom is 0.161 e. The molecule has 1 aliphatic carbocycles. The second-order valence-electron chi connectivity index (χ2n) is 4.66. The van der Waals surface area contributed by atoms with Crippen LogP contribution < -0.4 is 0 Å². The van der Waals surface area contributed by atoms with Crippen LogP contribution in [0.25, 0.3) is 0 Å². The summed E-state index contributed by atoms with van der Waals surface area (Å²) in [6.07, 6.45) is 2.09. The van der Waals surface area contributed by atoms with Crippen LogP contribution in [0.2, 0.25) is 0 Å². The molecule has 0 aromatic heterocycles. The van der Waals surface area contributed by atoms with Crippen LogP contribution in [0.5, 0.6) is 0 Å². The first-order valence-electron chi connectivity index (χ1n) is 5.77. The van der Waals surface area contributed by atoms with E-state index in [9.17, 15) is 20.1 Å². The smallest absolute Gasteiger partial charge is 0.161 e. The van der Waals surface area contributed by atoms with Crippen molar-refractivity contribution in [3.8, 4) is 0 Å². The van der Waals surface area contributed by atoms with Gasteiger partial charge in [-0.15, -0.1) is 0 Å². The van der Waals surface area contributed by atoms with E-state index in [2.05, 4.69) is 0 Å². The number of allylic oxidation sites excluding steroid dienone is 2. The first-order valence-corrected chi connectivity index (χ1v) is 5.77. The van der Waals surface area contributed by atoms with Gasteiger partial charge in [0.15, 0.2) is 5.78 Å². The lowest BCUT2D eigenvalue weighted by Gasteiger charge is -2.26. The van der Waals surface area contributed by atoms with E-state index < -0.39 is 17.8 Å². The third kappa shape index (κ3) is 2.49. The number of aliphatic hydroxyl groups excluding tert-OH is 2. The number of aliphatic hydroxyl groups is 3. The fraction of sp³-hybridized carbons (Fsp3) is 0.615. The van der Waals surface area contributed by atoms with E-state index in [-0.39, 0.29) is 17.8 Å². The van der Waals surface area contributed by atoms with E-state index in [0.717, 1.165) is 0 Å². The molecule has 96 valence electrons. The third-order valence-electron chi connectivity index (χ3n) is 3.29. The minimum atomic E-state index is -1.67. The second kappa shape index (κ2) is 5.12. The first kappa shape index (κ1) is 14.1. The Morgan fingerprint density at radius 2 is 2.00 bits per heavy atom. The van der Waals surface area contributed by atoms with Crippen LogP contribution in [0.15, 0.2) is 23.3 Å². The van der Waals surface area contributed by atoms with Crippen LogP contribution in [0.4, 0.5) is 0 Å². The van der Waals surface area contributed by atoms with Crippen molar-refractivity contribution in [3.63, 3.8) is 0 Å². The molecule has 1 aliphatic rings. The van der Waals surface area contributed by atoms with Crippen molar-refractivity contribution >= 4 is 5.78 Å². The molecule has 0 bridgehead atoms. The first-order chi connectivity index (χ1) is 7.84. The summed E-state index contributed by atoms with van der Waals surface area (Å²) in [6, 6.07) is 0. The van der Waals surface area contributed by atoms with E-state index in [4.69, 9.17) is 0 Å². The Kier molecular flexibility index (Phi) is 4.25. The summed E-state index contributed by atoms with van der Waals surface area (Å²) in [5, 5.41) is 29.5. The molecule has 0 aromatic carbocycles. The minimum Gasteiger partial charge on any atom is -0.386 e. The van der Waals surface area contributed by atoms with Crippen molar-refractivity contribution in [3.05, 3.63) is 23.3 Å². The number of hydrogen-bond donors (Lipinski definition) is 3. The topological polar surface area (TPSA) is 77.8 Å². The Morgan fingerprint density at radius 3 is 2.41 bits per heavy atom. The van der Waals surface area contributed by atoms with Crippen LogP contribution in [0.3, 0.4) is 0 Å². The number of Topliss-reactive ketones (excluding diaryl/α,β-unsaturated/α-hetero) is 1. The molecular weight excluding hydrogens is 220 g/mol. The summed E-state index contributed by atoms with van der Waals surface area (Å²) in [5.41, 5.74) is -1.14. The predicted octanol–water partition coefficient (Wildman–Crippen LogP) is 0.715. The van der Waals surface area contributed by atoms with Crippen molar-refractivity contribution in [1.82, 2.24) is 0 Å². The number of carbonyl (C=O) groups excluding carboxylic acids is 1. The van der Waals surface area contributed by atoms with Crippen molar-refractivity contribution in [1.29, 1.82) is 0 Å². The number of ketones is 1. The maximum absolute atomic E-state index is 11.9. The van der Waals surface area contributed by atoms with Gasteiger partial charge < -0.3 is 15.3 Å². The normalized spacial score (nSPS) is 33.8. The Morgan fingerprint density at radius 1 is 1.41 bits per heavy atom. The van der Waals surface area contributed by atoms with Crippen molar-refractivity contribution in [2.75, 3.05) is 0 Å². The van der Waals surface area contributed by atoms with E-state index in [0.29, 0.717) is 12.0 Å². The van der Waals surface area contributed by atoms with Gasteiger partial charge in [-0.3, -0.25) is 4.79 Å². The van der Waals surface area contributed by atoms with Crippen LogP contribution in [0, 0.1) is 0 Å². The quantitative estimate of drug-likeness (QED) is 0.633. The average Bonchev–Trinajstić information content (AvgIpc) is 2.41. The molecule has 3 atom stereocenters. The average molecular weight is 240 g/mol. The summed E-state index contributed by atoms with van der Waals surface area (Å²) in [5.74, 6) is -0.218. The fourth-order valence-corrected chi connectivity index (χ4v) is 2.13. The van der Waals surface area contributed by atoms with E-state index >= 15 is 0 Å². The van der Waals surface area contributed by atoms with Crippen LogP contribution in [-0.4, -0.2) is 38.9 Å². The molecule has 0 unspecified atom stereocenters. The molecular formula is C13H20O4. The Balaban J connectivity index is 2.86. The molecule has 17 heavy (non-hydrogen) atoms. The van der Waals surface area contributed by atoms with E-state index in [1.807, 2.05) is 19.1 Å². The monoisotopic (exact) mass is 240 g/mol. The lowest BCUT2D eigenvalue weighted by atomic mass is 9.94. The largest absolute Gasteiger partial charge is 0.386 e. The standard InChI is InChI=1S/C13H20O4/c1-4-5-6-7-9(14)10-8(2)11(15)13(3,17)12(10)16/h4-5,11-12,15-17H,6-7H2,1-3H3/b5-4+/t11-,12+,13-/m1/s1. The minimum absolute atomic E-state index is 0.159. The summed E-state index contributed by atoms with van der Waals surface area (Å²) >= 11 is 0. The zero-order chi connectivity index (χ0) is 13.2. The number of carbonyl (C=O) groups is 1. The van der Waals surface area contributed by atoms with Gasteiger partial charge >= 0.3 is 0 Å². The molecule has 0 heterocycles. The molecule has 4 nitrogen and oxygen atoms in total. The van der Waals surface area contributed by atoms with E-state index in [1.54, 1.807) is 6.92 Å². The summed E-state index contributed by atoms with van der Waals surface area (Å²) < 4.78 is 0. The highest BCUT2D eigenvalue weighted by Gasteiger charge is 2.49. The SMILES string of the molecule is C/C=C/CCC(=O)C1=C(C)[C@@H](O)[C@@](C)(O)[C@H]1O. The van der Waals surface area contributed by atoms with Crippen LogP contribution in [0.1, 0.15) is 33.6 Å². The lowest BCUT2D eigenvalue weighted by Crippen LogP contribution is -2.45. The van der Waals surface area contributed by atoms with Gasteiger partial charge in [0.1, 0.15) is 17.8 Å². The molecule has 4 heteroatoms. The molecule has 0 spiro atoms. The van der Waals surface area contributed by atoms with Gasteiger partial charge in [-0.1, -0.05) is 12.2 Å². The number of hydrogen-bond acceptors (Lipinski definition) is 4. The van der Waals surface area contributed by atoms with E-state index in [1.165, 1.54) is 6.92 Å². The highest BCUT2D eigenvalue weighted by molar-refractivity contribution is 5.98. The molecule has 0 saturated heterocycles. The molecule has 1 rings (SSSR count). The molecule has 0 fully saturated rings. The lowest BCUT2D eigenvalue weighted by molar-refractivity contribution is -0.120. The van der Waals surface area contributed by atoms with Gasteiger partial charge in [0.05, 0.1) is 0 Å². The highest BCUT2D eigenvalue weighted by Crippen LogP contribution is 2.36. The zero-order valence-corrected chi connectivity index (χ0v) is 10.5. The zero-order valence-electron chi connectivity index (χ0n) is 10.5. The second-order valence-corrected chi connectivity index (χ2v) is 4.66. The van der Waals surface area contributed by atoms with Gasteiger partial charge in [0.25, 0.3) is 0 Å². The highest BCUT2D eigenvalue weighted by atomic mass is 16.4. The summed E-state index contributed by atoms with van der Waals surface area (Å²) in [4.78, 5) is 11.9.